The minimum atomic E-state index is -4.68. The third kappa shape index (κ3) is 7.99. The van der Waals surface area contributed by atoms with Crippen molar-refractivity contribution in [1.82, 2.24) is 43.3 Å². The Morgan fingerprint density at radius 2 is 1.78 bits per heavy atom. The number of imidazole rings is 1. The largest absolute Gasteiger partial charge is 0.416 e. The second-order valence-corrected chi connectivity index (χ2v) is 16.5. The number of likely N-dealkylation sites (tertiary alicyclic amines) is 1. The van der Waals surface area contributed by atoms with Crippen molar-refractivity contribution in [3.05, 3.63) is 63.2 Å². The summed E-state index contributed by atoms with van der Waals surface area (Å²) in [6.45, 7) is 1.41. The molecule has 0 saturated carbocycles. The number of nitrogens with zero attached hydrogens (tertiary/aromatic N) is 9. The smallest absolute Gasteiger partial charge is 0.390 e. The number of piperidine rings is 1. The summed E-state index contributed by atoms with van der Waals surface area (Å²) >= 11 is 0. The molecule has 54 heavy (non-hydrogen) atoms. The number of aromatic nitrogens is 5. The first-order valence-electron chi connectivity index (χ1n) is 17.7. The number of sulfonamides is 1. The number of halogens is 3. The fourth-order valence-corrected chi connectivity index (χ4v) is 8.13. The Labute approximate surface area is 311 Å². The van der Waals surface area contributed by atoms with Gasteiger partial charge in [-0.1, -0.05) is 6.07 Å². The van der Waals surface area contributed by atoms with Crippen molar-refractivity contribution in [1.29, 1.82) is 0 Å². The number of amides is 2. The number of carbonyl (C=O) groups excluding carboxylic acids is 1. The lowest BCUT2D eigenvalue weighted by Gasteiger charge is -2.33. The number of pyridine rings is 1. The van der Waals surface area contributed by atoms with Crippen LogP contribution in [0.3, 0.4) is 0 Å². The Balaban J connectivity index is 1.22. The average molecular weight is 777 g/mol. The molecule has 6 rings (SSSR count). The number of benzene rings is 1. The van der Waals surface area contributed by atoms with Crippen LogP contribution in [0.4, 0.5) is 23.8 Å². The fourth-order valence-electron chi connectivity index (χ4n) is 7.34. The van der Waals surface area contributed by atoms with Gasteiger partial charge in [0.05, 0.1) is 35.7 Å². The average Bonchev–Trinajstić information content (AvgIpc) is 3.59. The van der Waals surface area contributed by atoms with Crippen LogP contribution in [0.25, 0.3) is 22.4 Å². The number of β-amino-alcohol motifs (C(OH)–C–C–N with tert-alkyl or cyclic N) is 1. The molecule has 15 nitrogen and oxygen atoms in total. The number of hydrogen-bond donors (Lipinski definition) is 2. The quantitative estimate of drug-likeness (QED) is 0.248. The van der Waals surface area contributed by atoms with Gasteiger partial charge < -0.3 is 25.1 Å². The number of rotatable bonds is 10. The molecule has 4 aromatic rings. The van der Waals surface area contributed by atoms with Gasteiger partial charge in [-0.2, -0.15) is 22.6 Å². The Morgan fingerprint density at radius 1 is 1.07 bits per heavy atom. The summed E-state index contributed by atoms with van der Waals surface area (Å²) in [5, 5.41) is 18.6. The van der Waals surface area contributed by atoms with Gasteiger partial charge in [0.25, 0.3) is 0 Å². The first-order chi connectivity index (χ1) is 25.3. The summed E-state index contributed by atoms with van der Waals surface area (Å²) in [6, 6.07) is 6.72. The van der Waals surface area contributed by atoms with E-state index in [0.717, 1.165) is 23.7 Å². The predicted octanol–water partition coefficient (Wildman–Crippen LogP) is 2.47. The van der Waals surface area contributed by atoms with E-state index in [9.17, 15) is 36.3 Å². The molecule has 2 N–H and O–H groups in total. The third-order valence-corrected chi connectivity index (χ3v) is 11.5. The topological polar surface area (TPSA) is 154 Å². The highest BCUT2D eigenvalue weighted by atomic mass is 32.2. The maximum atomic E-state index is 14.0. The molecule has 0 bridgehead atoms. The van der Waals surface area contributed by atoms with Crippen molar-refractivity contribution in [2.75, 3.05) is 65.5 Å². The number of aliphatic hydroxyl groups excluding tert-OH is 1. The number of alkyl halides is 3. The van der Waals surface area contributed by atoms with Crippen LogP contribution in [0.1, 0.15) is 41.3 Å². The summed E-state index contributed by atoms with van der Waals surface area (Å²) in [5.41, 5.74) is 2.08. The molecule has 1 atom stereocenters. The van der Waals surface area contributed by atoms with Crippen LogP contribution in [-0.4, -0.2) is 124 Å². The molecule has 0 aliphatic carbocycles. The van der Waals surface area contributed by atoms with Gasteiger partial charge in [-0.25, -0.2) is 23.0 Å². The number of aliphatic hydroxyl groups is 1. The molecule has 19 heteroatoms. The molecular weight excluding hydrogens is 730 g/mol. The van der Waals surface area contributed by atoms with Crippen molar-refractivity contribution in [2.24, 2.45) is 7.05 Å². The molecule has 2 aliphatic heterocycles. The van der Waals surface area contributed by atoms with Gasteiger partial charge in [0.2, 0.25) is 10.0 Å². The van der Waals surface area contributed by atoms with E-state index in [4.69, 9.17) is 10.1 Å². The van der Waals surface area contributed by atoms with E-state index >= 15 is 0 Å². The first-order valence-corrected chi connectivity index (χ1v) is 19.5. The SMILES string of the molecule is CN(C)C(=O)NCc1cc(-c2nn(CC(O)CN3CCC(n4c(=O)n(C)c5ccc(N(C)C)nc54)CC3)c3c2CN(S(C)(=O)=O)CC3)ccc1C(F)(F)F. The monoisotopic (exact) mass is 776 g/mol. The van der Waals surface area contributed by atoms with Crippen molar-refractivity contribution < 1.29 is 31.5 Å². The van der Waals surface area contributed by atoms with Gasteiger partial charge in [0, 0.05) is 104 Å². The van der Waals surface area contributed by atoms with E-state index in [2.05, 4.69) is 10.2 Å². The highest BCUT2D eigenvalue weighted by molar-refractivity contribution is 7.88. The second kappa shape index (κ2) is 15.0. The number of carbonyl (C=O) groups is 1. The van der Waals surface area contributed by atoms with E-state index in [1.807, 2.05) is 31.1 Å². The maximum absolute atomic E-state index is 14.0. The van der Waals surface area contributed by atoms with Crippen LogP contribution in [0.5, 0.6) is 0 Å². The van der Waals surface area contributed by atoms with E-state index in [-0.39, 0.29) is 36.9 Å². The Kier molecular flexibility index (Phi) is 10.9. The summed E-state index contributed by atoms with van der Waals surface area (Å²) in [6.07, 6.45) is -2.81. The Bertz CT molecular complexity index is 2200. The van der Waals surface area contributed by atoms with Crippen LogP contribution in [0, 0.1) is 0 Å². The molecule has 0 spiro atoms. The molecule has 1 saturated heterocycles. The van der Waals surface area contributed by atoms with Gasteiger partial charge >= 0.3 is 17.9 Å². The maximum Gasteiger partial charge on any atom is 0.416 e. The number of fused-ring (bicyclic) bond motifs is 2. The predicted molar refractivity (Wildman–Crippen MR) is 198 cm³/mol. The molecule has 294 valence electrons. The molecule has 3 aromatic heterocycles. The van der Waals surface area contributed by atoms with E-state index < -0.39 is 40.4 Å². The summed E-state index contributed by atoms with van der Waals surface area (Å²) < 4.78 is 73.5. The van der Waals surface area contributed by atoms with E-state index in [1.54, 1.807) is 20.9 Å². The Morgan fingerprint density at radius 3 is 2.41 bits per heavy atom. The Hall–Kier alpha value is -4.46. The molecule has 2 aliphatic rings. The van der Waals surface area contributed by atoms with Crippen molar-refractivity contribution in [2.45, 2.75) is 57.2 Å². The highest BCUT2D eigenvalue weighted by Crippen LogP contribution is 2.37. The normalized spacial score (nSPS) is 16.8. The standard InChI is InChI=1S/C35H47F3N10O5S/c1-42(2)30-10-9-29-32(40-30)48(34(51)44(29)5)24-11-14-45(15-12-24)19-25(49)20-47-28-13-16-46(54(6,52)53)21-26(28)31(41-47)22-7-8-27(35(36,37)38)23(17-22)18-39-33(50)43(3)4/h7-10,17,24-25,49H,11-16,18-21H2,1-6H3,(H,39,50). The molecule has 5 heterocycles. The number of hydrogen-bond acceptors (Lipinski definition) is 9. The molecule has 1 unspecified atom stereocenters. The summed E-state index contributed by atoms with van der Waals surface area (Å²) in [4.78, 5) is 35.5. The number of anilines is 1. The fraction of sp³-hybridized carbons (Fsp3) is 0.543. The van der Waals surface area contributed by atoms with Gasteiger partial charge in [-0.05, 0) is 42.7 Å². The number of urea groups is 1. The molecular formula is C35H47F3N10O5S. The lowest BCUT2D eigenvalue weighted by molar-refractivity contribution is -0.138. The first kappa shape index (κ1) is 39.2. The molecule has 0 radical (unpaired) electrons. The minimum Gasteiger partial charge on any atom is -0.390 e. The van der Waals surface area contributed by atoms with Crippen LogP contribution >= 0.6 is 0 Å². The zero-order valence-electron chi connectivity index (χ0n) is 31.3. The van der Waals surface area contributed by atoms with Gasteiger partial charge in [-0.3, -0.25) is 13.8 Å². The number of aryl methyl sites for hydroxylation is 1. The van der Waals surface area contributed by atoms with E-state index in [0.29, 0.717) is 67.1 Å². The van der Waals surface area contributed by atoms with Gasteiger partial charge in [0.15, 0.2) is 5.65 Å². The van der Waals surface area contributed by atoms with Crippen LogP contribution in [-0.2, 0) is 49.3 Å². The third-order valence-electron chi connectivity index (χ3n) is 10.2. The molecule has 1 fully saturated rings. The van der Waals surface area contributed by atoms with Crippen LogP contribution in [0.15, 0.2) is 35.1 Å². The summed E-state index contributed by atoms with van der Waals surface area (Å²) in [7, 11) is 4.90. The summed E-state index contributed by atoms with van der Waals surface area (Å²) in [5.74, 6) is 0.752. The molecule has 1 aromatic carbocycles. The zero-order chi connectivity index (χ0) is 39.3. The zero-order valence-corrected chi connectivity index (χ0v) is 32.1. The minimum absolute atomic E-state index is 0.0285. The highest BCUT2D eigenvalue weighted by Gasteiger charge is 2.35. The van der Waals surface area contributed by atoms with Gasteiger partial charge in [-0.15, -0.1) is 0 Å². The van der Waals surface area contributed by atoms with Crippen molar-refractivity contribution in [3.8, 4) is 11.3 Å². The second-order valence-electron chi connectivity index (χ2n) is 14.5. The van der Waals surface area contributed by atoms with E-state index in [1.165, 1.54) is 35.4 Å². The lowest BCUT2D eigenvalue weighted by Crippen LogP contribution is -2.42. The van der Waals surface area contributed by atoms with Crippen LogP contribution in [0.2, 0.25) is 0 Å². The molecule has 2 amide bonds. The van der Waals surface area contributed by atoms with Crippen LogP contribution < -0.4 is 15.9 Å². The number of nitrogens with one attached hydrogen (secondary N) is 1. The van der Waals surface area contributed by atoms with Crippen molar-refractivity contribution in [3.63, 3.8) is 0 Å². The van der Waals surface area contributed by atoms with Gasteiger partial charge in [0.1, 0.15) is 5.82 Å². The lowest BCUT2D eigenvalue weighted by atomic mass is 9.97. The van der Waals surface area contributed by atoms with Crippen molar-refractivity contribution >= 4 is 33.0 Å².